The lowest BCUT2D eigenvalue weighted by molar-refractivity contribution is -0.137. The van der Waals surface area contributed by atoms with Gasteiger partial charge < -0.3 is 10.0 Å². The number of aliphatic carboxylic acids is 1. The van der Waals surface area contributed by atoms with Crippen LogP contribution in [-0.4, -0.2) is 35.0 Å². The lowest BCUT2D eigenvalue weighted by Gasteiger charge is -2.31. The summed E-state index contributed by atoms with van der Waals surface area (Å²) in [6.45, 7) is 3.50. The largest absolute Gasteiger partial charge is 0.481 e. The summed E-state index contributed by atoms with van der Waals surface area (Å²) in [5.41, 5.74) is 0. The third-order valence-corrected chi connectivity index (χ3v) is 4.71. The lowest BCUT2D eigenvalue weighted by Crippen LogP contribution is -2.39. The molecular formula is C16H21NO3S. The predicted molar refractivity (Wildman–Crippen MR) is 84.3 cm³/mol. The van der Waals surface area contributed by atoms with Crippen molar-refractivity contribution in [3.05, 3.63) is 28.0 Å². The van der Waals surface area contributed by atoms with Gasteiger partial charge in [0.2, 0.25) is 5.91 Å². The number of likely N-dealkylation sites (tertiary alicyclic amines) is 1. The first-order chi connectivity index (χ1) is 10.0. The molecule has 1 saturated heterocycles. The van der Waals surface area contributed by atoms with Gasteiger partial charge in [0.05, 0.1) is 0 Å². The van der Waals surface area contributed by atoms with Crippen LogP contribution in [0.15, 0.2) is 18.2 Å². The maximum Gasteiger partial charge on any atom is 0.303 e. The highest BCUT2D eigenvalue weighted by Crippen LogP contribution is 2.22. The molecule has 2 rings (SSSR count). The average molecular weight is 307 g/mol. The van der Waals surface area contributed by atoms with Crippen molar-refractivity contribution in [2.75, 3.05) is 13.1 Å². The van der Waals surface area contributed by atoms with Crippen molar-refractivity contribution in [2.24, 2.45) is 5.92 Å². The molecule has 0 aliphatic carbocycles. The summed E-state index contributed by atoms with van der Waals surface area (Å²) in [7, 11) is 0. The van der Waals surface area contributed by atoms with E-state index in [2.05, 4.69) is 0 Å². The summed E-state index contributed by atoms with van der Waals surface area (Å²) in [4.78, 5) is 27.0. The Morgan fingerprint density at radius 1 is 1.48 bits per heavy atom. The fourth-order valence-corrected chi connectivity index (χ4v) is 3.41. The lowest BCUT2D eigenvalue weighted by atomic mass is 9.93. The van der Waals surface area contributed by atoms with E-state index in [9.17, 15) is 9.59 Å². The normalized spacial score (nSPS) is 19.1. The van der Waals surface area contributed by atoms with Gasteiger partial charge in [-0.05, 0) is 50.3 Å². The van der Waals surface area contributed by atoms with Crippen LogP contribution in [0.2, 0.25) is 0 Å². The van der Waals surface area contributed by atoms with Crippen LogP contribution in [-0.2, 0) is 9.59 Å². The summed E-state index contributed by atoms with van der Waals surface area (Å²) in [6.07, 6.45) is 6.32. The van der Waals surface area contributed by atoms with Gasteiger partial charge >= 0.3 is 5.97 Å². The predicted octanol–water partition coefficient (Wildman–Crippen LogP) is 3.17. The summed E-state index contributed by atoms with van der Waals surface area (Å²) >= 11 is 1.67. The van der Waals surface area contributed by atoms with E-state index in [1.54, 1.807) is 17.4 Å². The highest BCUT2D eigenvalue weighted by atomic mass is 32.1. The smallest absolute Gasteiger partial charge is 0.303 e. The van der Waals surface area contributed by atoms with Crippen molar-refractivity contribution in [3.8, 4) is 0 Å². The first-order valence-electron chi connectivity index (χ1n) is 7.30. The van der Waals surface area contributed by atoms with Gasteiger partial charge in [-0.25, -0.2) is 0 Å². The molecule has 1 N–H and O–H groups in total. The first-order valence-corrected chi connectivity index (χ1v) is 8.11. The van der Waals surface area contributed by atoms with Crippen molar-refractivity contribution < 1.29 is 14.7 Å². The number of rotatable bonds is 5. The Morgan fingerprint density at radius 2 is 2.29 bits per heavy atom. The van der Waals surface area contributed by atoms with Crippen LogP contribution in [0, 0.1) is 12.8 Å². The van der Waals surface area contributed by atoms with Crippen molar-refractivity contribution in [1.82, 2.24) is 4.90 Å². The Labute approximate surface area is 129 Å². The van der Waals surface area contributed by atoms with Gasteiger partial charge in [-0.1, -0.05) is 0 Å². The maximum absolute atomic E-state index is 12.2. The van der Waals surface area contributed by atoms with E-state index in [4.69, 9.17) is 5.11 Å². The zero-order valence-electron chi connectivity index (χ0n) is 12.2. The molecule has 4 nitrogen and oxygen atoms in total. The first kappa shape index (κ1) is 15.8. The molecule has 0 radical (unpaired) electrons. The molecule has 0 bridgehead atoms. The minimum Gasteiger partial charge on any atom is -0.481 e. The van der Waals surface area contributed by atoms with Gasteiger partial charge in [0.15, 0.2) is 0 Å². The van der Waals surface area contributed by atoms with Gasteiger partial charge in [0, 0.05) is 35.3 Å². The number of hydrogen-bond acceptors (Lipinski definition) is 3. The van der Waals surface area contributed by atoms with Crippen LogP contribution >= 0.6 is 11.3 Å². The van der Waals surface area contributed by atoms with E-state index in [0.29, 0.717) is 18.9 Å². The monoisotopic (exact) mass is 307 g/mol. The molecule has 1 aromatic rings. The number of carbonyl (C=O) groups is 2. The number of carboxylic acid groups (broad SMARTS) is 1. The number of aryl methyl sites for hydroxylation is 1. The Kier molecular flexibility index (Phi) is 5.56. The molecule has 5 heteroatoms. The van der Waals surface area contributed by atoms with Crippen molar-refractivity contribution >= 4 is 29.3 Å². The van der Waals surface area contributed by atoms with E-state index in [1.807, 2.05) is 30.0 Å². The molecule has 1 aliphatic heterocycles. The van der Waals surface area contributed by atoms with Gasteiger partial charge in [-0.15, -0.1) is 11.3 Å². The van der Waals surface area contributed by atoms with Crippen molar-refractivity contribution in [2.45, 2.75) is 32.6 Å². The summed E-state index contributed by atoms with van der Waals surface area (Å²) in [6, 6.07) is 4.05. The van der Waals surface area contributed by atoms with E-state index >= 15 is 0 Å². The Balaban J connectivity index is 1.86. The fraction of sp³-hybridized carbons (Fsp3) is 0.500. The van der Waals surface area contributed by atoms with E-state index in [1.165, 1.54) is 4.88 Å². The second kappa shape index (κ2) is 7.41. The van der Waals surface area contributed by atoms with Crippen molar-refractivity contribution in [1.29, 1.82) is 0 Å². The zero-order chi connectivity index (χ0) is 15.2. The SMILES string of the molecule is Cc1ccc(C=CC(=O)N2CCCC(CCC(=O)O)C2)s1. The van der Waals surface area contributed by atoms with Gasteiger partial charge in [-0.3, -0.25) is 9.59 Å². The standard InChI is InChI=1S/C16H21NO3S/c1-12-4-6-14(21-12)7-8-15(18)17-10-2-3-13(11-17)5-9-16(19)20/h4,6-8,13H,2-3,5,9-11H2,1H3,(H,19,20). The number of thiophene rings is 1. The molecule has 1 fully saturated rings. The fourth-order valence-electron chi connectivity index (χ4n) is 2.63. The minimum atomic E-state index is -0.758. The van der Waals surface area contributed by atoms with Gasteiger partial charge in [0.25, 0.3) is 0 Å². The van der Waals surface area contributed by atoms with Crippen LogP contribution in [0.5, 0.6) is 0 Å². The maximum atomic E-state index is 12.2. The molecule has 114 valence electrons. The third kappa shape index (κ3) is 5.01. The molecule has 0 spiro atoms. The molecule has 1 amide bonds. The van der Waals surface area contributed by atoms with Crippen LogP contribution in [0.25, 0.3) is 6.08 Å². The molecule has 21 heavy (non-hydrogen) atoms. The molecular weight excluding hydrogens is 286 g/mol. The van der Waals surface area contributed by atoms with Crippen LogP contribution in [0.3, 0.4) is 0 Å². The quantitative estimate of drug-likeness (QED) is 0.850. The van der Waals surface area contributed by atoms with Gasteiger partial charge in [-0.2, -0.15) is 0 Å². The average Bonchev–Trinajstić information content (AvgIpc) is 2.88. The molecule has 0 aromatic carbocycles. The Hall–Kier alpha value is -1.62. The highest BCUT2D eigenvalue weighted by Gasteiger charge is 2.22. The molecule has 1 atom stereocenters. The number of hydrogen-bond donors (Lipinski definition) is 1. The third-order valence-electron chi connectivity index (χ3n) is 3.75. The number of carboxylic acids is 1. The number of amides is 1. The van der Waals surface area contributed by atoms with E-state index in [-0.39, 0.29) is 12.3 Å². The summed E-state index contributed by atoms with van der Waals surface area (Å²) < 4.78 is 0. The number of carbonyl (C=O) groups excluding carboxylic acids is 1. The Bertz CT molecular complexity index is 535. The van der Waals surface area contributed by atoms with E-state index in [0.717, 1.165) is 24.3 Å². The topological polar surface area (TPSA) is 57.6 Å². The molecule has 0 saturated carbocycles. The summed E-state index contributed by atoms with van der Waals surface area (Å²) in [5, 5.41) is 8.74. The molecule has 2 heterocycles. The van der Waals surface area contributed by atoms with Crippen LogP contribution in [0.1, 0.15) is 35.4 Å². The second-order valence-electron chi connectivity index (χ2n) is 5.51. The number of piperidine rings is 1. The van der Waals surface area contributed by atoms with Crippen LogP contribution < -0.4 is 0 Å². The van der Waals surface area contributed by atoms with Crippen molar-refractivity contribution in [3.63, 3.8) is 0 Å². The van der Waals surface area contributed by atoms with Gasteiger partial charge in [0.1, 0.15) is 0 Å². The van der Waals surface area contributed by atoms with E-state index < -0.39 is 5.97 Å². The summed E-state index contributed by atoms with van der Waals surface area (Å²) in [5.74, 6) is -0.413. The molecule has 1 unspecified atom stereocenters. The second-order valence-corrected chi connectivity index (χ2v) is 6.83. The molecule has 1 aromatic heterocycles. The minimum absolute atomic E-state index is 0.0288. The number of nitrogens with zero attached hydrogens (tertiary/aromatic N) is 1. The highest BCUT2D eigenvalue weighted by molar-refractivity contribution is 7.12. The van der Waals surface area contributed by atoms with Crippen LogP contribution in [0.4, 0.5) is 0 Å². The Morgan fingerprint density at radius 3 is 2.95 bits per heavy atom. The molecule has 1 aliphatic rings. The zero-order valence-corrected chi connectivity index (χ0v) is 13.1.